The Morgan fingerprint density at radius 2 is 1.67 bits per heavy atom. The summed E-state index contributed by atoms with van der Waals surface area (Å²) >= 11 is 0. The van der Waals surface area contributed by atoms with E-state index in [4.69, 9.17) is 10.5 Å². The van der Waals surface area contributed by atoms with Crippen molar-refractivity contribution < 1.29 is 4.74 Å². The molecule has 0 bridgehead atoms. The van der Waals surface area contributed by atoms with Crippen molar-refractivity contribution in [3.05, 3.63) is 34.4 Å². The van der Waals surface area contributed by atoms with Gasteiger partial charge >= 0.3 is 0 Å². The molecule has 0 aliphatic heterocycles. The minimum atomic E-state index is 0.603. The molecule has 0 aromatic heterocycles. The molecule has 2 nitrogen and oxygen atoms in total. The predicted molar refractivity (Wildman–Crippen MR) is 64.2 cm³/mol. The van der Waals surface area contributed by atoms with Crippen molar-refractivity contribution in [2.75, 3.05) is 19.8 Å². The second-order valence-corrected chi connectivity index (χ2v) is 4.03. The number of benzene rings is 1. The first-order valence-corrected chi connectivity index (χ1v) is 5.49. The highest BCUT2D eigenvalue weighted by Crippen LogP contribution is 2.16. The van der Waals surface area contributed by atoms with Crippen LogP contribution >= 0.6 is 0 Å². The molecule has 0 saturated heterocycles. The molecule has 84 valence electrons. The van der Waals surface area contributed by atoms with Crippen molar-refractivity contribution in [1.29, 1.82) is 0 Å². The van der Waals surface area contributed by atoms with E-state index < -0.39 is 0 Å². The Morgan fingerprint density at radius 1 is 1.07 bits per heavy atom. The molecule has 1 rings (SSSR count). The van der Waals surface area contributed by atoms with Gasteiger partial charge in [-0.15, -0.1) is 0 Å². The highest BCUT2D eigenvalue weighted by atomic mass is 16.5. The zero-order valence-electron chi connectivity index (χ0n) is 9.97. The van der Waals surface area contributed by atoms with Crippen LogP contribution < -0.4 is 5.73 Å². The molecule has 0 fully saturated rings. The van der Waals surface area contributed by atoms with E-state index in [9.17, 15) is 0 Å². The fourth-order valence-corrected chi connectivity index (χ4v) is 1.96. The summed E-state index contributed by atoms with van der Waals surface area (Å²) in [4.78, 5) is 0. The Labute approximate surface area is 92.4 Å². The number of hydrogen-bond acceptors (Lipinski definition) is 2. The maximum atomic E-state index is 5.40. The van der Waals surface area contributed by atoms with Gasteiger partial charge in [0.2, 0.25) is 0 Å². The van der Waals surface area contributed by atoms with Crippen molar-refractivity contribution in [2.24, 2.45) is 5.73 Å². The fourth-order valence-electron chi connectivity index (χ4n) is 1.96. The van der Waals surface area contributed by atoms with E-state index in [0.29, 0.717) is 13.2 Å². The van der Waals surface area contributed by atoms with E-state index in [-0.39, 0.29) is 0 Å². The lowest BCUT2D eigenvalue weighted by atomic mass is 9.98. The lowest BCUT2D eigenvalue weighted by molar-refractivity contribution is 0.144. The van der Waals surface area contributed by atoms with Crippen LogP contribution in [0.2, 0.25) is 0 Å². The molecule has 0 amide bonds. The van der Waals surface area contributed by atoms with Crippen LogP contribution in [-0.2, 0) is 11.2 Å². The molecule has 0 radical (unpaired) electrons. The number of ether oxygens (including phenoxy) is 1. The Bertz CT molecular complexity index is 297. The van der Waals surface area contributed by atoms with E-state index >= 15 is 0 Å². The van der Waals surface area contributed by atoms with Gasteiger partial charge in [0.05, 0.1) is 13.2 Å². The van der Waals surface area contributed by atoms with Crippen molar-refractivity contribution in [3.63, 3.8) is 0 Å². The molecule has 2 N–H and O–H groups in total. The SMILES string of the molecule is Cc1cc(C)c(CCOCCN)c(C)c1. The molecule has 0 unspecified atom stereocenters. The monoisotopic (exact) mass is 207 g/mol. The second-order valence-electron chi connectivity index (χ2n) is 4.03. The number of rotatable bonds is 5. The minimum Gasteiger partial charge on any atom is -0.380 e. The first-order chi connectivity index (χ1) is 7.15. The van der Waals surface area contributed by atoms with Crippen molar-refractivity contribution in [1.82, 2.24) is 0 Å². The molecule has 0 heterocycles. The van der Waals surface area contributed by atoms with Crippen LogP contribution in [0.4, 0.5) is 0 Å². The maximum absolute atomic E-state index is 5.40. The lowest BCUT2D eigenvalue weighted by Gasteiger charge is -2.11. The second kappa shape index (κ2) is 5.89. The van der Waals surface area contributed by atoms with Gasteiger partial charge in [0, 0.05) is 6.54 Å². The van der Waals surface area contributed by atoms with Gasteiger partial charge in [-0.3, -0.25) is 0 Å². The Kier molecular flexibility index (Phi) is 4.79. The molecule has 0 aliphatic carbocycles. The Morgan fingerprint density at radius 3 is 2.20 bits per heavy atom. The zero-order chi connectivity index (χ0) is 11.3. The third-order valence-corrected chi connectivity index (χ3v) is 2.60. The van der Waals surface area contributed by atoms with Gasteiger partial charge in [-0.25, -0.2) is 0 Å². The first-order valence-electron chi connectivity index (χ1n) is 5.49. The topological polar surface area (TPSA) is 35.2 Å². The van der Waals surface area contributed by atoms with Crippen LogP contribution in [0.15, 0.2) is 12.1 Å². The Hall–Kier alpha value is -0.860. The van der Waals surface area contributed by atoms with E-state index in [1.807, 2.05) is 0 Å². The molecule has 0 spiro atoms. The number of nitrogens with two attached hydrogens (primary N) is 1. The molecular weight excluding hydrogens is 186 g/mol. The smallest absolute Gasteiger partial charge is 0.0588 e. The third-order valence-electron chi connectivity index (χ3n) is 2.60. The Balaban J connectivity index is 2.60. The molecule has 0 aliphatic rings. The van der Waals surface area contributed by atoms with Crippen molar-refractivity contribution in [2.45, 2.75) is 27.2 Å². The molecule has 0 atom stereocenters. The average molecular weight is 207 g/mol. The summed E-state index contributed by atoms with van der Waals surface area (Å²) < 4.78 is 5.40. The normalized spacial score (nSPS) is 10.7. The van der Waals surface area contributed by atoms with Gasteiger partial charge in [0.25, 0.3) is 0 Å². The van der Waals surface area contributed by atoms with Gasteiger partial charge in [0.1, 0.15) is 0 Å². The van der Waals surface area contributed by atoms with Gasteiger partial charge in [-0.1, -0.05) is 17.7 Å². The third kappa shape index (κ3) is 3.65. The highest BCUT2D eigenvalue weighted by molar-refractivity contribution is 5.37. The van der Waals surface area contributed by atoms with Crippen LogP contribution in [0.1, 0.15) is 22.3 Å². The largest absolute Gasteiger partial charge is 0.380 e. The summed E-state index contributed by atoms with van der Waals surface area (Å²) in [5.74, 6) is 0. The summed E-state index contributed by atoms with van der Waals surface area (Å²) in [7, 11) is 0. The van der Waals surface area contributed by atoms with E-state index in [1.165, 1.54) is 22.3 Å². The molecule has 0 saturated carbocycles. The molecule has 1 aromatic rings. The summed E-state index contributed by atoms with van der Waals surface area (Å²) in [5, 5.41) is 0. The van der Waals surface area contributed by atoms with Crippen molar-refractivity contribution in [3.8, 4) is 0 Å². The van der Waals surface area contributed by atoms with Crippen LogP contribution in [0, 0.1) is 20.8 Å². The quantitative estimate of drug-likeness (QED) is 0.751. The van der Waals surface area contributed by atoms with E-state index in [1.54, 1.807) is 0 Å². The minimum absolute atomic E-state index is 0.603. The zero-order valence-corrected chi connectivity index (χ0v) is 9.97. The summed E-state index contributed by atoms with van der Waals surface area (Å²) in [5.41, 5.74) is 10.8. The summed E-state index contributed by atoms with van der Waals surface area (Å²) in [6, 6.07) is 4.45. The average Bonchev–Trinajstić information content (AvgIpc) is 2.15. The van der Waals surface area contributed by atoms with Crippen LogP contribution in [-0.4, -0.2) is 19.8 Å². The van der Waals surface area contributed by atoms with Gasteiger partial charge in [-0.05, 0) is 43.9 Å². The highest BCUT2D eigenvalue weighted by Gasteiger charge is 2.03. The molecule has 2 heteroatoms. The van der Waals surface area contributed by atoms with Crippen LogP contribution in [0.3, 0.4) is 0 Å². The lowest BCUT2D eigenvalue weighted by Crippen LogP contribution is -2.10. The fraction of sp³-hybridized carbons (Fsp3) is 0.538. The summed E-state index contributed by atoms with van der Waals surface area (Å²) in [6.45, 7) is 8.49. The van der Waals surface area contributed by atoms with Crippen LogP contribution in [0.5, 0.6) is 0 Å². The van der Waals surface area contributed by atoms with Gasteiger partial charge < -0.3 is 10.5 Å². The molecular formula is C13H21NO. The van der Waals surface area contributed by atoms with Gasteiger partial charge in [-0.2, -0.15) is 0 Å². The molecule has 1 aromatic carbocycles. The number of aryl methyl sites for hydroxylation is 3. The predicted octanol–water partition coefficient (Wildman–Crippen LogP) is 2.13. The summed E-state index contributed by atoms with van der Waals surface area (Å²) in [6.07, 6.45) is 0.984. The van der Waals surface area contributed by atoms with Crippen LogP contribution in [0.25, 0.3) is 0 Å². The van der Waals surface area contributed by atoms with Crippen molar-refractivity contribution >= 4 is 0 Å². The maximum Gasteiger partial charge on any atom is 0.0588 e. The number of hydrogen-bond donors (Lipinski definition) is 1. The standard InChI is InChI=1S/C13H21NO/c1-10-8-11(2)13(12(3)9-10)4-6-15-7-5-14/h8-9H,4-7,14H2,1-3H3. The molecule has 15 heavy (non-hydrogen) atoms. The van der Waals surface area contributed by atoms with E-state index in [2.05, 4.69) is 32.9 Å². The van der Waals surface area contributed by atoms with Gasteiger partial charge in [0.15, 0.2) is 0 Å². The van der Waals surface area contributed by atoms with E-state index in [0.717, 1.165) is 13.0 Å². The first kappa shape index (κ1) is 12.2.